The molecule has 19 heavy (non-hydrogen) atoms. The quantitative estimate of drug-likeness (QED) is 0.518. The van der Waals surface area contributed by atoms with Crippen molar-refractivity contribution < 1.29 is 0 Å². The average Bonchev–Trinajstić information content (AvgIpc) is 2.93. The van der Waals surface area contributed by atoms with E-state index in [0.717, 1.165) is 18.9 Å². The first-order valence-corrected chi connectivity index (χ1v) is 8.12. The lowest BCUT2D eigenvalue weighted by molar-refractivity contribution is 0.541. The molecule has 0 saturated carbocycles. The smallest absolute Gasteiger partial charge is 0.120 e. The van der Waals surface area contributed by atoms with Crippen molar-refractivity contribution in [3.8, 4) is 0 Å². The standard InChI is InChI=1S/C16H31N3/c1-2-3-4-5-6-7-8-9-10-11-12-17-15-16-18-13-14-19-16/h13-14,17H,2-12,15H2,1H3,(H,18,19). The highest BCUT2D eigenvalue weighted by Crippen LogP contribution is 2.10. The van der Waals surface area contributed by atoms with E-state index >= 15 is 0 Å². The summed E-state index contributed by atoms with van der Waals surface area (Å²) in [6.07, 6.45) is 17.7. The van der Waals surface area contributed by atoms with Crippen LogP contribution in [0.1, 0.15) is 77.0 Å². The Morgan fingerprint density at radius 1 is 0.947 bits per heavy atom. The Kier molecular flexibility index (Phi) is 10.4. The molecular formula is C16H31N3. The van der Waals surface area contributed by atoms with Gasteiger partial charge in [-0.15, -0.1) is 0 Å². The van der Waals surface area contributed by atoms with E-state index in [1.54, 1.807) is 6.20 Å². The Bertz CT molecular complexity index is 270. The fraction of sp³-hybridized carbons (Fsp3) is 0.812. The third-order valence-corrected chi connectivity index (χ3v) is 3.55. The van der Waals surface area contributed by atoms with E-state index in [4.69, 9.17) is 0 Å². The number of H-pyrrole nitrogens is 1. The van der Waals surface area contributed by atoms with Crippen LogP contribution in [0.4, 0.5) is 0 Å². The summed E-state index contributed by atoms with van der Waals surface area (Å²) in [7, 11) is 0. The van der Waals surface area contributed by atoms with Gasteiger partial charge in [0.25, 0.3) is 0 Å². The largest absolute Gasteiger partial charge is 0.348 e. The van der Waals surface area contributed by atoms with E-state index in [-0.39, 0.29) is 0 Å². The first-order valence-electron chi connectivity index (χ1n) is 8.12. The van der Waals surface area contributed by atoms with Crippen molar-refractivity contribution in [2.45, 2.75) is 77.7 Å². The second-order valence-corrected chi connectivity index (χ2v) is 5.39. The lowest BCUT2D eigenvalue weighted by Gasteiger charge is -2.03. The van der Waals surface area contributed by atoms with Gasteiger partial charge in [-0.25, -0.2) is 4.98 Å². The Balaban J connectivity index is 1.72. The van der Waals surface area contributed by atoms with Crippen molar-refractivity contribution in [3.05, 3.63) is 18.2 Å². The Morgan fingerprint density at radius 3 is 2.16 bits per heavy atom. The summed E-state index contributed by atoms with van der Waals surface area (Å²) in [4.78, 5) is 7.29. The first kappa shape index (κ1) is 16.2. The normalized spacial score (nSPS) is 11.0. The van der Waals surface area contributed by atoms with Crippen LogP contribution in [0.15, 0.2) is 12.4 Å². The summed E-state index contributed by atoms with van der Waals surface area (Å²) < 4.78 is 0. The zero-order valence-corrected chi connectivity index (χ0v) is 12.6. The Labute approximate surface area is 118 Å². The predicted octanol–water partition coefficient (Wildman–Crippen LogP) is 4.42. The van der Waals surface area contributed by atoms with Crippen LogP contribution >= 0.6 is 0 Å². The monoisotopic (exact) mass is 265 g/mol. The zero-order chi connectivity index (χ0) is 13.6. The summed E-state index contributed by atoms with van der Waals surface area (Å²) in [5, 5.41) is 3.42. The fourth-order valence-electron chi connectivity index (χ4n) is 2.34. The van der Waals surface area contributed by atoms with Crippen LogP contribution in [0, 0.1) is 0 Å². The van der Waals surface area contributed by atoms with E-state index < -0.39 is 0 Å². The maximum absolute atomic E-state index is 4.19. The van der Waals surface area contributed by atoms with Crippen LogP contribution < -0.4 is 5.32 Å². The summed E-state index contributed by atoms with van der Waals surface area (Å²) in [5.74, 6) is 1.03. The van der Waals surface area contributed by atoms with Crippen molar-refractivity contribution in [2.75, 3.05) is 6.54 Å². The van der Waals surface area contributed by atoms with Crippen molar-refractivity contribution in [1.29, 1.82) is 0 Å². The van der Waals surface area contributed by atoms with Crippen LogP contribution in [-0.4, -0.2) is 16.5 Å². The number of nitrogens with zero attached hydrogens (tertiary/aromatic N) is 1. The third-order valence-electron chi connectivity index (χ3n) is 3.55. The van der Waals surface area contributed by atoms with Gasteiger partial charge in [0.05, 0.1) is 6.54 Å². The number of imidazole rings is 1. The molecule has 0 atom stereocenters. The highest BCUT2D eigenvalue weighted by atomic mass is 15.0. The van der Waals surface area contributed by atoms with E-state index in [2.05, 4.69) is 22.2 Å². The number of hydrogen-bond acceptors (Lipinski definition) is 2. The highest BCUT2D eigenvalue weighted by molar-refractivity contribution is 4.85. The molecule has 0 aliphatic carbocycles. The average molecular weight is 265 g/mol. The van der Waals surface area contributed by atoms with E-state index in [1.807, 2.05) is 6.20 Å². The number of hydrogen-bond donors (Lipinski definition) is 2. The molecular weight excluding hydrogens is 234 g/mol. The van der Waals surface area contributed by atoms with Gasteiger partial charge < -0.3 is 10.3 Å². The van der Waals surface area contributed by atoms with Gasteiger partial charge in [0, 0.05) is 12.4 Å². The highest BCUT2D eigenvalue weighted by Gasteiger charge is 1.94. The van der Waals surface area contributed by atoms with Gasteiger partial charge in [-0.3, -0.25) is 0 Å². The maximum atomic E-state index is 4.19. The van der Waals surface area contributed by atoms with Crippen LogP contribution in [0.2, 0.25) is 0 Å². The van der Waals surface area contributed by atoms with Gasteiger partial charge in [-0.05, 0) is 13.0 Å². The molecule has 2 N–H and O–H groups in total. The van der Waals surface area contributed by atoms with E-state index in [9.17, 15) is 0 Å². The van der Waals surface area contributed by atoms with Crippen LogP contribution in [0.25, 0.3) is 0 Å². The minimum absolute atomic E-state index is 0.866. The molecule has 0 aliphatic rings. The minimum atomic E-state index is 0.866. The van der Waals surface area contributed by atoms with Crippen molar-refractivity contribution in [1.82, 2.24) is 15.3 Å². The Hall–Kier alpha value is -0.830. The second-order valence-electron chi connectivity index (χ2n) is 5.39. The molecule has 3 nitrogen and oxygen atoms in total. The van der Waals surface area contributed by atoms with Crippen LogP contribution in [0.5, 0.6) is 0 Å². The number of nitrogens with one attached hydrogen (secondary N) is 2. The van der Waals surface area contributed by atoms with Crippen molar-refractivity contribution in [2.24, 2.45) is 0 Å². The topological polar surface area (TPSA) is 40.7 Å². The molecule has 1 heterocycles. The predicted molar refractivity (Wildman–Crippen MR) is 82.1 cm³/mol. The number of unbranched alkanes of at least 4 members (excludes halogenated alkanes) is 9. The van der Waals surface area contributed by atoms with E-state index in [1.165, 1.54) is 64.2 Å². The van der Waals surface area contributed by atoms with Gasteiger partial charge in [0.15, 0.2) is 0 Å². The lowest BCUT2D eigenvalue weighted by Crippen LogP contribution is -2.15. The van der Waals surface area contributed by atoms with Gasteiger partial charge in [-0.1, -0.05) is 64.7 Å². The SMILES string of the molecule is CCCCCCCCCCCCNCc1ncc[nH]1. The molecule has 0 radical (unpaired) electrons. The molecule has 0 aromatic carbocycles. The van der Waals surface area contributed by atoms with Crippen molar-refractivity contribution in [3.63, 3.8) is 0 Å². The number of aromatic nitrogens is 2. The molecule has 0 saturated heterocycles. The van der Waals surface area contributed by atoms with Crippen LogP contribution in [0.3, 0.4) is 0 Å². The summed E-state index contributed by atoms with van der Waals surface area (Å²) in [6, 6.07) is 0. The molecule has 1 rings (SSSR count). The molecule has 3 heteroatoms. The van der Waals surface area contributed by atoms with Gasteiger partial charge >= 0.3 is 0 Å². The molecule has 1 aromatic heterocycles. The van der Waals surface area contributed by atoms with E-state index in [0.29, 0.717) is 0 Å². The fourth-order valence-corrected chi connectivity index (χ4v) is 2.34. The summed E-state index contributed by atoms with van der Waals surface area (Å²) in [5.41, 5.74) is 0. The second kappa shape index (κ2) is 12.2. The molecule has 1 aromatic rings. The zero-order valence-electron chi connectivity index (χ0n) is 12.6. The Morgan fingerprint density at radius 2 is 1.58 bits per heavy atom. The number of rotatable bonds is 13. The molecule has 0 spiro atoms. The third kappa shape index (κ3) is 9.71. The van der Waals surface area contributed by atoms with Gasteiger partial charge in [0.2, 0.25) is 0 Å². The van der Waals surface area contributed by atoms with Gasteiger partial charge in [-0.2, -0.15) is 0 Å². The van der Waals surface area contributed by atoms with Gasteiger partial charge in [0.1, 0.15) is 5.82 Å². The maximum Gasteiger partial charge on any atom is 0.120 e. The van der Waals surface area contributed by atoms with Crippen molar-refractivity contribution >= 4 is 0 Å². The number of aromatic amines is 1. The summed E-state index contributed by atoms with van der Waals surface area (Å²) >= 11 is 0. The summed E-state index contributed by atoms with van der Waals surface area (Å²) in [6.45, 7) is 4.25. The molecule has 0 bridgehead atoms. The minimum Gasteiger partial charge on any atom is -0.348 e. The molecule has 0 amide bonds. The van der Waals surface area contributed by atoms with Crippen LogP contribution in [-0.2, 0) is 6.54 Å². The first-order chi connectivity index (χ1) is 9.43. The molecule has 0 fully saturated rings. The molecule has 0 aliphatic heterocycles. The molecule has 0 unspecified atom stereocenters. The molecule has 110 valence electrons. The lowest BCUT2D eigenvalue weighted by atomic mass is 10.1.